The second kappa shape index (κ2) is 10.5. The number of aliphatic carboxylic acids is 2. The lowest BCUT2D eigenvalue weighted by Gasteiger charge is -2.36. The van der Waals surface area contributed by atoms with Crippen LogP contribution in [0.4, 0.5) is 23.1 Å². The van der Waals surface area contributed by atoms with Crippen molar-refractivity contribution in [3.8, 4) is 0 Å². The van der Waals surface area contributed by atoms with Crippen molar-refractivity contribution in [3.05, 3.63) is 40.2 Å². The lowest BCUT2D eigenvalue weighted by molar-refractivity contribution is -0.140. The summed E-state index contributed by atoms with van der Waals surface area (Å²) < 4.78 is 0. The zero-order valence-corrected chi connectivity index (χ0v) is 18.7. The quantitative estimate of drug-likeness (QED) is 0.242. The molecule has 0 bridgehead atoms. The number of hydrogen-bond acceptors (Lipinski definition) is 9. The number of carboxylic acids is 2. The van der Waals surface area contributed by atoms with Crippen molar-refractivity contribution in [2.75, 3.05) is 34.4 Å². The SMILES string of the molecule is CC(=O)N1c2c(nc(N)[nH]c2=O)NC[C@@H]1CNc1ccc(C(=O)N[C@@H](CCC(=O)O)C(=O)O)cc1. The fourth-order valence-electron chi connectivity index (χ4n) is 3.64. The van der Waals surface area contributed by atoms with Crippen molar-refractivity contribution >= 4 is 46.9 Å². The van der Waals surface area contributed by atoms with Gasteiger partial charge in [0.05, 0.1) is 6.04 Å². The molecule has 0 fully saturated rings. The van der Waals surface area contributed by atoms with Gasteiger partial charge in [-0.15, -0.1) is 0 Å². The van der Waals surface area contributed by atoms with Gasteiger partial charge < -0.3 is 31.9 Å². The van der Waals surface area contributed by atoms with Gasteiger partial charge in [-0.1, -0.05) is 0 Å². The second-order valence-electron chi connectivity index (χ2n) is 7.83. The van der Waals surface area contributed by atoms with E-state index in [1.807, 2.05) is 0 Å². The minimum Gasteiger partial charge on any atom is -0.481 e. The highest BCUT2D eigenvalue weighted by atomic mass is 16.4. The van der Waals surface area contributed by atoms with Gasteiger partial charge in [0, 0.05) is 37.7 Å². The van der Waals surface area contributed by atoms with E-state index in [0.29, 0.717) is 12.2 Å². The van der Waals surface area contributed by atoms with Crippen LogP contribution in [0.1, 0.15) is 30.1 Å². The van der Waals surface area contributed by atoms with Crippen LogP contribution in [0.5, 0.6) is 0 Å². The van der Waals surface area contributed by atoms with Crippen LogP contribution < -0.4 is 32.1 Å². The number of carboxylic acid groups (broad SMARTS) is 2. The van der Waals surface area contributed by atoms with Crippen LogP contribution in [0.15, 0.2) is 29.1 Å². The molecule has 2 atom stereocenters. The molecule has 14 heteroatoms. The largest absolute Gasteiger partial charge is 0.481 e. The summed E-state index contributed by atoms with van der Waals surface area (Å²) in [5.41, 5.74) is 5.90. The molecule has 1 aliphatic heterocycles. The summed E-state index contributed by atoms with van der Waals surface area (Å²) in [6.07, 6.45) is -0.639. The molecule has 0 unspecified atom stereocenters. The van der Waals surface area contributed by atoms with Gasteiger partial charge in [-0.05, 0) is 30.7 Å². The smallest absolute Gasteiger partial charge is 0.326 e. The fourth-order valence-corrected chi connectivity index (χ4v) is 3.64. The Morgan fingerprint density at radius 3 is 2.51 bits per heavy atom. The number of anilines is 4. The van der Waals surface area contributed by atoms with Gasteiger partial charge in [0.25, 0.3) is 11.5 Å². The van der Waals surface area contributed by atoms with E-state index >= 15 is 0 Å². The molecular weight excluding hydrogens is 462 g/mol. The summed E-state index contributed by atoms with van der Waals surface area (Å²) in [5, 5.41) is 26.4. The first kappa shape index (κ1) is 25.0. The highest BCUT2D eigenvalue weighted by Gasteiger charge is 2.32. The van der Waals surface area contributed by atoms with E-state index in [1.54, 1.807) is 12.1 Å². The second-order valence-corrected chi connectivity index (χ2v) is 7.83. The number of nitrogens with one attached hydrogen (secondary N) is 4. The highest BCUT2D eigenvalue weighted by molar-refractivity contribution is 5.97. The number of aromatic amines is 1. The Bertz CT molecular complexity index is 1200. The van der Waals surface area contributed by atoms with Crippen LogP contribution >= 0.6 is 0 Å². The van der Waals surface area contributed by atoms with Gasteiger partial charge in [-0.3, -0.25) is 29.1 Å². The van der Waals surface area contributed by atoms with Crippen molar-refractivity contribution in [3.63, 3.8) is 0 Å². The summed E-state index contributed by atoms with van der Waals surface area (Å²) in [4.78, 5) is 66.8. The molecule has 0 saturated heterocycles. The fraction of sp³-hybridized carbons (Fsp3) is 0.333. The Morgan fingerprint density at radius 1 is 1.23 bits per heavy atom. The standard InChI is InChI=1S/C21H25N7O7/c1-10(29)28-13(9-24-17-16(28)19(33)27-21(22)26-17)8-23-12-4-2-11(3-5-12)18(32)25-14(20(34)35)6-7-15(30)31/h2-5,13-14,23H,6-9H2,1H3,(H,25,32)(H,30,31)(H,34,35)(H4,22,24,26,27,33)/t13-,14-/m0/s1. The molecule has 2 heterocycles. The molecule has 2 aromatic rings. The summed E-state index contributed by atoms with van der Waals surface area (Å²) in [7, 11) is 0. The number of carbonyl (C=O) groups excluding carboxylic acids is 2. The van der Waals surface area contributed by atoms with Crippen molar-refractivity contribution in [2.45, 2.75) is 31.8 Å². The van der Waals surface area contributed by atoms with Gasteiger partial charge in [-0.2, -0.15) is 4.98 Å². The van der Waals surface area contributed by atoms with E-state index in [9.17, 15) is 29.1 Å². The molecule has 3 rings (SSSR count). The number of benzene rings is 1. The van der Waals surface area contributed by atoms with E-state index in [2.05, 4.69) is 25.9 Å². The third-order valence-electron chi connectivity index (χ3n) is 5.30. The lowest BCUT2D eigenvalue weighted by Crippen LogP contribution is -2.52. The zero-order valence-electron chi connectivity index (χ0n) is 18.7. The number of rotatable bonds is 9. The number of aromatic nitrogens is 2. The first-order valence-electron chi connectivity index (χ1n) is 10.6. The van der Waals surface area contributed by atoms with Gasteiger partial charge in [-0.25, -0.2) is 4.79 Å². The minimum absolute atomic E-state index is 0.0676. The van der Waals surface area contributed by atoms with Gasteiger partial charge in [0.15, 0.2) is 11.5 Å². The molecule has 0 saturated carbocycles. The predicted molar refractivity (Wildman–Crippen MR) is 125 cm³/mol. The minimum atomic E-state index is -1.33. The topological polar surface area (TPSA) is 220 Å². The van der Waals surface area contributed by atoms with Crippen LogP contribution in [-0.2, 0) is 14.4 Å². The molecule has 0 spiro atoms. The molecule has 0 radical (unpaired) electrons. The number of nitrogen functional groups attached to an aromatic ring is 1. The van der Waals surface area contributed by atoms with Crippen LogP contribution in [0.25, 0.3) is 0 Å². The van der Waals surface area contributed by atoms with Gasteiger partial charge in [0.1, 0.15) is 6.04 Å². The number of fused-ring (bicyclic) bond motifs is 1. The van der Waals surface area contributed by atoms with Gasteiger partial charge >= 0.3 is 11.9 Å². The maximum atomic E-state index is 12.4. The van der Waals surface area contributed by atoms with E-state index < -0.39 is 41.9 Å². The molecule has 1 aromatic heterocycles. The number of amides is 2. The average molecular weight is 487 g/mol. The Balaban J connectivity index is 1.65. The molecule has 14 nitrogen and oxygen atoms in total. The Kier molecular flexibility index (Phi) is 7.53. The highest BCUT2D eigenvalue weighted by Crippen LogP contribution is 2.26. The van der Waals surface area contributed by atoms with Crippen molar-refractivity contribution in [1.29, 1.82) is 0 Å². The average Bonchev–Trinajstić information content (AvgIpc) is 2.79. The zero-order chi connectivity index (χ0) is 25.7. The Labute approximate surface area is 198 Å². The molecule has 2 amide bonds. The number of carbonyl (C=O) groups is 4. The maximum Gasteiger partial charge on any atom is 0.326 e. The monoisotopic (exact) mass is 487 g/mol. The normalized spacial score (nSPS) is 15.3. The van der Waals surface area contributed by atoms with Gasteiger partial charge in [0.2, 0.25) is 11.9 Å². The van der Waals surface area contributed by atoms with Crippen molar-refractivity contribution in [1.82, 2.24) is 15.3 Å². The molecule has 1 aromatic carbocycles. The van der Waals surface area contributed by atoms with Crippen molar-refractivity contribution < 1.29 is 29.4 Å². The molecule has 0 aliphatic carbocycles. The first-order chi connectivity index (χ1) is 16.6. The summed E-state index contributed by atoms with van der Waals surface area (Å²) >= 11 is 0. The van der Waals surface area contributed by atoms with E-state index in [0.717, 1.165) is 0 Å². The number of H-pyrrole nitrogens is 1. The van der Waals surface area contributed by atoms with Crippen LogP contribution in [0.3, 0.4) is 0 Å². The summed E-state index contributed by atoms with van der Waals surface area (Å²) in [6.45, 7) is 1.91. The van der Waals surface area contributed by atoms with E-state index in [-0.39, 0.29) is 41.9 Å². The third-order valence-corrected chi connectivity index (χ3v) is 5.30. The first-order valence-corrected chi connectivity index (χ1v) is 10.6. The Hall–Kier alpha value is -4.62. The van der Waals surface area contributed by atoms with E-state index in [4.69, 9.17) is 10.8 Å². The van der Waals surface area contributed by atoms with Crippen LogP contribution in [-0.4, -0.2) is 69.1 Å². The molecule has 8 N–H and O–H groups in total. The molecular formula is C21H25N7O7. The number of hydrogen-bond donors (Lipinski definition) is 7. The predicted octanol–water partition coefficient (Wildman–Crippen LogP) is -0.341. The Morgan fingerprint density at radius 2 is 1.91 bits per heavy atom. The molecule has 186 valence electrons. The number of nitrogens with two attached hydrogens (primary N) is 1. The molecule has 35 heavy (non-hydrogen) atoms. The van der Waals surface area contributed by atoms with Crippen LogP contribution in [0, 0.1) is 0 Å². The third kappa shape index (κ3) is 6.04. The van der Waals surface area contributed by atoms with Crippen molar-refractivity contribution in [2.24, 2.45) is 0 Å². The molecule has 1 aliphatic rings. The summed E-state index contributed by atoms with van der Waals surface area (Å²) in [5.74, 6) is -3.34. The maximum absolute atomic E-state index is 12.4. The summed E-state index contributed by atoms with van der Waals surface area (Å²) in [6, 6.07) is 4.38. The lowest BCUT2D eigenvalue weighted by atomic mass is 10.1. The van der Waals surface area contributed by atoms with E-state index in [1.165, 1.54) is 24.0 Å². The van der Waals surface area contributed by atoms with Crippen LogP contribution in [0.2, 0.25) is 0 Å². The number of nitrogens with zero attached hydrogens (tertiary/aromatic N) is 2.